The van der Waals surface area contributed by atoms with Crippen molar-refractivity contribution in [3.8, 4) is 0 Å². The maximum atomic E-state index is 5.54. The second-order valence-electron chi connectivity index (χ2n) is 4.65. The molecule has 0 atom stereocenters. The Labute approximate surface area is 92.9 Å². The summed E-state index contributed by atoms with van der Waals surface area (Å²) in [6.45, 7) is 0.773. The topological polar surface area (TPSA) is 28.1 Å². The van der Waals surface area contributed by atoms with Gasteiger partial charge in [-0.2, -0.15) is 0 Å². The first-order valence-electron chi connectivity index (χ1n) is 5.45. The molecule has 0 aromatic heterocycles. The molecule has 0 heterocycles. The fourth-order valence-electron chi connectivity index (χ4n) is 1.90. The molecule has 4 heteroatoms. The van der Waals surface area contributed by atoms with Gasteiger partial charge in [-0.05, 0) is 19.3 Å². The minimum absolute atomic E-state index is 0.0251. The third kappa shape index (κ3) is 2.84. The molecular formula is C11H23N3O. The van der Waals surface area contributed by atoms with Crippen molar-refractivity contribution >= 4 is 5.96 Å². The summed E-state index contributed by atoms with van der Waals surface area (Å²) in [4.78, 5) is 8.69. The maximum absolute atomic E-state index is 5.54. The van der Waals surface area contributed by atoms with Crippen LogP contribution in [0.25, 0.3) is 0 Å². The van der Waals surface area contributed by atoms with Crippen molar-refractivity contribution in [2.24, 2.45) is 4.99 Å². The number of nitrogens with zero attached hydrogens (tertiary/aromatic N) is 3. The van der Waals surface area contributed by atoms with Crippen LogP contribution in [-0.4, -0.2) is 63.2 Å². The van der Waals surface area contributed by atoms with Gasteiger partial charge in [-0.1, -0.05) is 0 Å². The summed E-state index contributed by atoms with van der Waals surface area (Å²) in [6.07, 6.45) is 3.55. The lowest BCUT2D eigenvalue weighted by atomic mass is 9.80. The van der Waals surface area contributed by atoms with Gasteiger partial charge in [0, 0.05) is 35.3 Å². The van der Waals surface area contributed by atoms with Crippen molar-refractivity contribution in [1.82, 2.24) is 9.80 Å². The first kappa shape index (κ1) is 12.3. The molecule has 0 aromatic rings. The van der Waals surface area contributed by atoms with Gasteiger partial charge in [-0.15, -0.1) is 0 Å². The molecule has 0 saturated heterocycles. The molecule has 15 heavy (non-hydrogen) atoms. The molecule has 1 rings (SSSR count). The number of methoxy groups -OCH3 is 1. The monoisotopic (exact) mass is 213 g/mol. The van der Waals surface area contributed by atoms with E-state index < -0.39 is 0 Å². The summed E-state index contributed by atoms with van der Waals surface area (Å²) in [5.74, 6) is 0.998. The fraction of sp³-hybridized carbons (Fsp3) is 0.909. The van der Waals surface area contributed by atoms with Crippen LogP contribution in [0.1, 0.15) is 19.3 Å². The molecule has 4 nitrogen and oxygen atoms in total. The first-order chi connectivity index (χ1) is 7.01. The molecule has 1 saturated carbocycles. The van der Waals surface area contributed by atoms with Gasteiger partial charge in [0.15, 0.2) is 5.96 Å². The van der Waals surface area contributed by atoms with E-state index in [1.165, 1.54) is 6.42 Å². The molecule has 0 amide bonds. The van der Waals surface area contributed by atoms with Gasteiger partial charge in [0.25, 0.3) is 0 Å². The number of aliphatic imine (C=N–C) groups is 1. The summed E-state index contributed by atoms with van der Waals surface area (Å²) in [5.41, 5.74) is 0.0251. The van der Waals surface area contributed by atoms with E-state index in [2.05, 4.69) is 4.99 Å². The fourth-order valence-corrected chi connectivity index (χ4v) is 1.90. The average molecular weight is 213 g/mol. The van der Waals surface area contributed by atoms with Crippen molar-refractivity contribution in [3.05, 3.63) is 0 Å². The summed E-state index contributed by atoms with van der Waals surface area (Å²) in [6, 6.07) is 0. The van der Waals surface area contributed by atoms with E-state index >= 15 is 0 Å². The number of ether oxygens (including phenoxy) is 1. The van der Waals surface area contributed by atoms with Gasteiger partial charge < -0.3 is 14.5 Å². The molecule has 1 fully saturated rings. The summed E-state index contributed by atoms with van der Waals surface area (Å²) >= 11 is 0. The number of guanidine groups is 1. The molecule has 0 radical (unpaired) electrons. The molecule has 0 unspecified atom stereocenters. The second-order valence-corrected chi connectivity index (χ2v) is 4.65. The van der Waals surface area contributed by atoms with E-state index in [4.69, 9.17) is 4.74 Å². The number of rotatable bonds is 3. The predicted octanol–water partition coefficient (Wildman–Crippen LogP) is 1.03. The van der Waals surface area contributed by atoms with E-state index in [1.54, 1.807) is 7.11 Å². The number of hydrogen-bond donors (Lipinski definition) is 0. The van der Waals surface area contributed by atoms with E-state index in [0.29, 0.717) is 0 Å². The molecule has 0 spiro atoms. The first-order valence-corrected chi connectivity index (χ1v) is 5.45. The smallest absolute Gasteiger partial charge is 0.195 e. The summed E-state index contributed by atoms with van der Waals surface area (Å²) < 4.78 is 5.54. The quantitative estimate of drug-likeness (QED) is 0.518. The molecule has 1 aliphatic rings. The van der Waals surface area contributed by atoms with E-state index in [-0.39, 0.29) is 5.60 Å². The highest BCUT2D eigenvalue weighted by Gasteiger charge is 2.36. The van der Waals surface area contributed by atoms with Crippen LogP contribution in [0, 0.1) is 0 Å². The van der Waals surface area contributed by atoms with Crippen LogP contribution in [0.15, 0.2) is 4.99 Å². The Morgan fingerprint density at radius 3 is 2.00 bits per heavy atom. The predicted molar refractivity (Wildman–Crippen MR) is 63.3 cm³/mol. The summed E-state index contributed by atoms with van der Waals surface area (Å²) in [5, 5.41) is 0. The number of hydrogen-bond acceptors (Lipinski definition) is 2. The SMILES string of the molecule is COC1(CN=C(N(C)C)N(C)C)CCC1. The molecule has 88 valence electrons. The standard InChI is InChI=1S/C11H23N3O/c1-13(2)10(14(3)4)12-9-11(15-5)7-6-8-11/h6-9H2,1-5H3. The van der Waals surface area contributed by atoms with Gasteiger partial charge in [0.05, 0.1) is 12.1 Å². The van der Waals surface area contributed by atoms with Gasteiger partial charge in [-0.25, -0.2) is 4.99 Å². The average Bonchev–Trinajstić information content (AvgIpc) is 2.08. The Morgan fingerprint density at radius 1 is 1.20 bits per heavy atom. The van der Waals surface area contributed by atoms with Crippen LogP contribution in [-0.2, 0) is 4.74 Å². The van der Waals surface area contributed by atoms with Crippen LogP contribution in [0.5, 0.6) is 0 Å². The van der Waals surface area contributed by atoms with Gasteiger partial charge in [0.1, 0.15) is 0 Å². The van der Waals surface area contributed by atoms with Crippen molar-refractivity contribution in [2.45, 2.75) is 24.9 Å². The van der Waals surface area contributed by atoms with Crippen LogP contribution >= 0.6 is 0 Å². The third-order valence-electron chi connectivity index (χ3n) is 3.01. The Morgan fingerprint density at radius 2 is 1.73 bits per heavy atom. The van der Waals surface area contributed by atoms with Gasteiger partial charge in [-0.3, -0.25) is 0 Å². The molecule has 0 N–H and O–H groups in total. The lowest BCUT2D eigenvalue weighted by molar-refractivity contribution is -0.0632. The van der Waals surface area contributed by atoms with Gasteiger partial charge in [0.2, 0.25) is 0 Å². The van der Waals surface area contributed by atoms with E-state index in [1.807, 2.05) is 38.0 Å². The zero-order valence-electron chi connectivity index (χ0n) is 10.6. The van der Waals surface area contributed by atoms with Crippen molar-refractivity contribution in [2.75, 3.05) is 41.8 Å². The third-order valence-corrected chi connectivity index (χ3v) is 3.01. The van der Waals surface area contributed by atoms with Crippen LogP contribution in [0.4, 0.5) is 0 Å². The maximum Gasteiger partial charge on any atom is 0.195 e. The summed E-state index contributed by atoms with van der Waals surface area (Å²) in [7, 11) is 9.84. The Balaban J connectivity index is 2.60. The Bertz CT molecular complexity index is 216. The highest BCUT2D eigenvalue weighted by molar-refractivity contribution is 5.79. The molecule has 1 aliphatic carbocycles. The van der Waals surface area contributed by atoms with E-state index in [0.717, 1.165) is 25.3 Å². The molecule has 0 aliphatic heterocycles. The lowest BCUT2D eigenvalue weighted by Crippen LogP contribution is -2.44. The Kier molecular flexibility index (Phi) is 3.97. The molecule has 0 bridgehead atoms. The van der Waals surface area contributed by atoms with E-state index in [9.17, 15) is 0 Å². The zero-order valence-corrected chi connectivity index (χ0v) is 10.6. The minimum Gasteiger partial charge on any atom is -0.376 e. The van der Waals surface area contributed by atoms with Crippen LogP contribution < -0.4 is 0 Å². The lowest BCUT2D eigenvalue weighted by Gasteiger charge is -2.39. The molecule has 0 aromatic carbocycles. The largest absolute Gasteiger partial charge is 0.376 e. The van der Waals surface area contributed by atoms with Crippen LogP contribution in [0.2, 0.25) is 0 Å². The van der Waals surface area contributed by atoms with Crippen molar-refractivity contribution < 1.29 is 4.74 Å². The molecular weight excluding hydrogens is 190 g/mol. The Hall–Kier alpha value is -0.770. The van der Waals surface area contributed by atoms with Crippen molar-refractivity contribution in [3.63, 3.8) is 0 Å². The zero-order chi connectivity index (χ0) is 11.5. The highest BCUT2D eigenvalue weighted by atomic mass is 16.5. The normalized spacial score (nSPS) is 17.9. The van der Waals surface area contributed by atoms with Gasteiger partial charge >= 0.3 is 0 Å². The second kappa shape index (κ2) is 4.84. The highest BCUT2D eigenvalue weighted by Crippen LogP contribution is 2.35. The van der Waals surface area contributed by atoms with Crippen LogP contribution in [0.3, 0.4) is 0 Å². The minimum atomic E-state index is 0.0251. The van der Waals surface area contributed by atoms with Crippen molar-refractivity contribution in [1.29, 1.82) is 0 Å².